The zero-order valence-corrected chi connectivity index (χ0v) is 11.7. The lowest BCUT2D eigenvalue weighted by molar-refractivity contribution is -0.142. The van der Waals surface area contributed by atoms with Gasteiger partial charge in [0.25, 0.3) is 0 Å². The summed E-state index contributed by atoms with van der Waals surface area (Å²) in [4.78, 5) is 22.1. The summed E-state index contributed by atoms with van der Waals surface area (Å²) in [6.45, 7) is 1.20. The summed E-state index contributed by atoms with van der Waals surface area (Å²) < 4.78 is 0. The maximum Gasteiger partial charge on any atom is 0.306 e. The van der Waals surface area contributed by atoms with Crippen molar-refractivity contribution in [3.63, 3.8) is 0 Å². The molecule has 1 amide bonds. The standard InChI is InChI=1S/C14H16ClNO4/c1-14(20,8-13(18)19)9-16-12(17)7-6-10-4-2-3-5-11(10)15/h2-7,20H,8-9H2,1H3,(H,16,17)(H,18,19). The maximum absolute atomic E-state index is 11.6. The van der Waals surface area contributed by atoms with E-state index in [0.29, 0.717) is 10.6 Å². The number of carboxylic acid groups (broad SMARTS) is 1. The molecule has 108 valence electrons. The van der Waals surface area contributed by atoms with Crippen LogP contribution in [0.1, 0.15) is 18.9 Å². The van der Waals surface area contributed by atoms with Crippen molar-refractivity contribution < 1.29 is 19.8 Å². The summed E-state index contributed by atoms with van der Waals surface area (Å²) in [5, 5.41) is 21.3. The van der Waals surface area contributed by atoms with Gasteiger partial charge in [0.1, 0.15) is 0 Å². The molecule has 3 N–H and O–H groups in total. The van der Waals surface area contributed by atoms with Crippen LogP contribution < -0.4 is 5.32 Å². The Morgan fingerprint density at radius 2 is 2.05 bits per heavy atom. The molecule has 0 fully saturated rings. The fourth-order valence-corrected chi connectivity index (χ4v) is 1.70. The second kappa shape index (κ2) is 7.07. The number of amides is 1. The van der Waals surface area contributed by atoms with Crippen molar-refractivity contribution in [3.05, 3.63) is 40.9 Å². The molecule has 1 rings (SSSR count). The van der Waals surface area contributed by atoms with Gasteiger partial charge in [-0.05, 0) is 24.6 Å². The number of aliphatic carboxylic acids is 1. The molecular formula is C14H16ClNO4. The number of hydrogen-bond donors (Lipinski definition) is 3. The number of nitrogens with one attached hydrogen (secondary N) is 1. The number of carboxylic acids is 1. The third kappa shape index (κ3) is 5.86. The molecule has 20 heavy (non-hydrogen) atoms. The first-order valence-corrected chi connectivity index (χ1v) is 6.32. The topological polar surface area (TPSA) is 86.6 Å². The van der Waals surface area contributed by atoms with E-state index in [1.807, 2.05) is 0 Å². The maximum atomic E-state index is 11.6. The first kappa shape index (κ1) is 16.2. The van der Waals surface area contributed by atoms with Gasteiger partial charge in [0.15, 0.2) is 0 Å². The molecule has 0 aromatic heterocycles. The smallest absolute Gasteiger partial charge is 0.306 e. The van der Waals surface area contributed by atoms with E-state index in [-0.39, 0.29) is 6.54 Å². The molecule has 1 aromatic rings. The van der Waals surface area contributed by atoms with E-state index in [1.165, 1.54) is 13.0 Å². The average Bonchev–Trinajstić information content (AvgIpc) is 2.34. The Morgan fingerprint density at radius 3 is 2.65 bits per heavy atom. The third-order valence-corrected chi connectivity index (χ3v) is 2.84. The van der Waals surface area contributed by atoms with Crippen molar-refractivity contribution in [3.8, 4) is 0 Å². The molecule has 0 spiro atoms. The van der Waals surface area contributed by atoms with Gasteiger partial charge in [-0.3, -0.25) is 9.59 Å². The van der Waals surface area contributed by atoms with E-state index in [1.54, 1.807) is 30.3 Å². The summed E-state index contributed by atoms with van der Waals surface area (Å²) in [7, 11) is 0. The molecule has 1 unspecified atom stereocenters. The Bertz CT molecular complexity index is 526. The minimum Gasteiger partial charge on any atom is -0.481 e. The zero-order valence-electron chi connectivity index (χ0n) is 11.0. The van der Waals surface area contributed by atoms with Gasteiger partial charge in [-0.25, -0.2) is 0 Å². The van der Waals surface area contributed by atoms with Crippen LogP contribution in [0.3, 0.4) is 0 Å². The quantitative estimate of drug-likeness (QED) is 0.698. The predicted octanol–water partition coefficient (Wildman–Crippen LogP) is 1.70. The van der Waals surface area contributed by atoms with E-state index in [9.17, 15) is 14.7 Å². The summed E-state index contributed by atoms with van der Waals surface area (Å²) in [6.07, 6.45) is 2.38. The largest absolute Gasteiger partial charge is 0.481 e. The van der Waals surface area contributed by atoms with Crippen molar-refractivity contribution in [1.82, 2.24) is 5.32 Å². The van der Waals surface area contributed by atoms with Gasteiger partial charge in [-0.1, -0.05) is 29.8 Å². The molecule has 0 heterocycles. The normalized spacial score (nSPS) is 13.9. The first-order valence-electron chi connectivity index (χ1n) is 5.95. The molecule has 0 aliphatic carbocycles. The molecule has 5 nitrogen and oxygen atoms in total. The summed E-state index contributed by atoms with van der Waals surface area (Å²) >= 11 is 5.93. The highest BCUT2D eigenvalue weighted by Crippen LogP contribution is 2.16. The molecule has 1 atom stereocenters. The summed E-state index contributed by atoms with van der Waals surface area (Å²) in [6, 6.07) is 7.04. The van der Waals surface area contributed by atoms with E-state index in [0.717, 1.165) is 0 Å². The number of rotatable bonds is 6. The van der Waals surface area contributed by atoms with E-state index >= 15 is 0 Å². The monoisotopic (exact) mass is 297 g/mol. The van der Waals surface area contributed by atoms with Crippen LogP contribution in [0.25, 0.3) is 6.08 Å². The molecule has 1 aromatic carbocycles. The Labute approximate surface area is 121 Å². The van der Waals surface area contributed by atoms with Crippen LogP contribution in [0.4, 0.5) is 0 Å². The van der Waals surface area contributed by atoms with Gasteiger partial charge < -0.3 is 15.5 Å². The van der Waals surface area contributed by atoms with Crippen LogP contribution >= 0.6 is 11.6 Å². The minimum atomic E-state index is -1.49. The zero-order chi connectivity index (χ0) is 15.2. The number of carbonyl (C=O) groups is 2. The Kier molecular flexibility index (Phi) is 5.73. The fraction of sp³-hybridized carbons (Fsp3) is 0.286. The molecule has 0 aliphatic rings. The fourth-order valence-electron chi connectivity index (χ4n) is 1.50. The second-order valence-corrected chi connectivity index (χ2v) is 5.05. The van der Waals surface area contributed by atoms with Crippen LogP contribution in [-0.4, -0.2) is 34.2 Å². The SMILES string of the molecule is CC(O)(CNC(=O)C=Cc1ccccc1Cl)CC(=O)O. The van der Waals surface area contributed by atoms with Crippen LogP contribution in [0.5, 0.6) is 0 Å². The number of hydrogen-bond acceptors (Lipinski definition) is 3. The Hall–Kier alpha value is -1.85. The molecular weight excluding hydrogens is 282 g/mol. The van der Waals surface area contributed by atoms with Gasteiger partial charge in [0.2, 0.25) is 5.91 Å². The second-order valence-electron chi connectivity index (χ2n) is 4.64. The minimum absolute atomic E-state index is 0.148. The van der Waals surface area contributed by atoms with E-state index in [4.69, 9.17) is 16.7 Å². The molecule has 6 heteroatoms. The van der Waals surface area contributed by atoms with Crippen molar-refractivity contribution >= 4 is 29.6 Å². The van der Waals surface area contributed by atoms with Gasteiger partial charge in [-0.2, -0.15) is 0 Å². The van der Waals surface area contributed by atoms with Crippen LogP contribution in [-0.2, 0) is 9.59 Å². The predicted molar refractivity (Wildman–Crippen MR) is 76.4 cm³/mol. The van der Waals surface area contributed by atoms with Crippen molar-refractivity contribution in [2.45, 2.75) is 18.9 Å². The van der Waals surface area contributed by atoms with Crippen LogP contribution in [0, 0.1) is 0 Å². The summed E-state index contributed by atoms with van der Waals surface area (Å²) in [5.74, 6) is -1.56. The Balaban J connectivity index is 2.52. The van der Waals surface area contributed by atoms with Crippen molar-refractivity contribution in [2.75, 3.05) is 6.54 Å². The molecule has 0 saturated carbocycles. The number of benzene rings is 1. The lowest BCUT2D eigenvalue weighted by atomic mass is 10.0. The lowest BCUT2D eigenvalue weighted by Crippen LogP contribution is -2.41. The summed E-state index contributed by atoms with van der Waals surface area (Å²) in [5.41, 5.74) is -0.790. The average molecular weight is 298 g/mol. The van der Waals surface area contributed by atoms with Gasteiger partial charge in [0, 0.05) is 17.6 Å². The third-order valence-electron chi connectivity index (χ3n) is 2.50. The van der Waals surface area contributed by atoms with Crippen molar-refractivity contribution in [1.29, 1.82) is 0 Å². The number of aliphatic hydroxyl groups is 1. The van der Waals surface area contributed by atoms with E-state index in [2.05, 4.69) is 5.32 Å². The van der Waals surface area contributed by atoms with Gasteiger partial charge in [0.05, 0.1) is 12.0 Å². The number of halogens is 1. The molecule has 0 saturated heterocycles. The number of carbonyl (C=O) groups excluding carboxylic acids is 1. The van der Waals surface area contributed by atoms with Gasteiger partial charge >= 0.3 is 5.97 Å². The molecule has 0 aliphatic heterocycles. The molecule has 0 bridgehead atoms. The van der Waals surface area contributed by atoms with Crippen molar-refractivity contribution in [2.24, 2.45) is 0 Å². The first-order chi connectivity index (χ1) is 9.30. The van der Waals surface area contributed by atoms with E-state index < -0.39 is 23.9 Å². The molecule has 0 radical (unpaired) electrons. The highest BCUT2D eigenvalue weighted by Gasteiger charge is 2.24. The lowest BCUT2D eigenvalue weighted by Gasteiger charge is -2.20. The van der Waals surface area contributed by atoms with Gasteiger partial charge in [-0.15, -0.1) is 0 Å². The Morgan fingerprint density at radius 1 is 1.40 bits per heavy atom. The van der Waals surface area contributed by atoms with Crippen LogP contribution in [0.15, 0.2) is 30.3 Å². The van der Waals surface area contributed by atoms with Crippen LogP contribution in [0.2, 0.25) is 5.02 Å². The highest BCUT2D eigenvalue weighted by molar-refractivity contribution is 6.32. The highest BCUT2D eigenvalue weighted by atomic mass is 35.5.